The fourth-order valence-corrected chi connectivity index (χ4v) is 2.63. The van der Waals surface area contributed by atoms with Gasteiger partial charge in [0.25, 0.3) is 0 Å². The van der Waals surface area contributed by atoms with Crippen LogP contribution in [0.5, 0.6) is 0 Å². The van der Waals surface area contributed by atoms with Crippen molar-refractivity contribution in [2.45, 2.75) is 6.04 Å². The first-order valence-corrected chi connectivity index (χ1v) is 7.37. The minimum Gasteiger partial charge on any atom is -0.350 e. The molecule has 0 saturated heterocycles. The molecule has 1 aromatic carbocycles. The zero-order valence-corrected chi connectivity index (χ0v) is 13.5. The third-order valence-corrected chi connectivity index (χ3v) is 3.77. The SMILES string of the molecule is C=CCNC(=O)NCC(c1cn(C)c2ccccc12)N(C)C. The lowest BCUT2D eigenvalue weighted by Crippen LogP contribution is -2.40. The number of likely N-dealkylation sites (N-methyl/N-ethyl adjacent to an activating group) is 1. The molecular formula is C17H24N4O. The molecule has 1 atom stereocenters. The lowest BCUT2D eigenvalue weighted by Gasteiger charge is -2.24. The smallest absolute Gasteiger partial charge is 0.315 e. The van der Waals surface area contributed by atoms with Crippen LogP contribution < -0.4 is 10.6 Å². The normalized spacial score (nSPS) is 12.4. The summed E-state index contributed by atoms with van der Waals surface area (Å²) in [6.07, 6.45) is 3.80. The van der Waals surface area contributed by atoms with Crippen LogP contribution in [0, 0.1) is 0 Å². The van der Waals surface area contributed by atoms with E-state index in [1.165, 1.54) is 16.5 Å². The Labute approximate surface area is 131 Å². The van der Waals surface area contributed by atoms with Crippen LogP contribution in [-0.4, -0.2) is 42.7 Å². The van der Waals surface area contributed by atoms with E-state index in [-0.39, 0.29) is 12.1 Å². The Hall–Kier alpha value is -2.27. The second-order valence-electron chi connectivity index (χ2n) is 5.57. The van der Waals surface area contributed by atoms with E-state index in [9.17, 15) is 4.79 Å². The number of para-hydroxylation sites is 1. The van der Waals surface area contributed by atoms with Crippen molar-refractivity contribution in [1.82, 2.24) is 20.1 Å². The summed E-state index contributed by atoms with van der Waals surface area (Å²) in [5, 5.41) is 6.87. The van der Waals surface area contributed by atoms with Crippen LogP contribution in [0.2, 0.25) is 0 Å². The number of nitrogens with one attached hydrogen (secondary N) is 2. The van der Waals surface area contributed by atoms with Crippen molar-refractivity contribution < 1.29 is 4.79 Å². The molecule has 0 spiro atoms. The number of hydrogen-bond acceptors (Lipinski definition) is 2. The van der Waals surface area contributed by atoms with Crippen molar-refractivity contribution in [2.24, 2.45) is 7.05 Å². The zero-order chi connectivity index (χ0) is 16.1. The molecular weight excluding hydrogens is 276 g/mol. The highest BCUT2D eigenvalue weighted by Crippen LogP contribution is 2.28. The van der Waals surface area contributed by atoms with Gasteiger partial charge >= 0.3 is 6.03 Å². The van der Waals surface area contributed by atoms with Gasteiger partial charge in [-0.25, -0.2) is 4.79 Å². The second-order valence-corrected chi connectivity index (χ2v) is 5.57. The van der Waals surface area contributed by atoms with Crippen LogP contribution in [0.1, 0.15) is 11.6 Å². The summed E-state index contributed by atoms with van der Waals surface area (Å²) in [4.78, 5) is 13.9. The topological polar surface area (TPSA) is 49.3 Å². The van der Waals surface area contributed by atoms with Crippen LogP contribution in [-0.2, 0) is 7.05 Å². The number of amides is 2. The number of nitrogens with zero attached hydrogens (tertiary/aromatic N) is 2. The van der Waals surface area contributed by atoms with E-state index >= 15 is 0 Å². The number of aromatic nitrogens is 1. The van der Waals surface area contributed by atoms with Crippen LogP contribution in [0.4, 0.5) is 4.79 Å². The predicted octanol–water partition coefficient (Wildman–Crippen LogP) is 2.27. The van der Waals surface area contributed by atoms with E-state index in [1.807, 2.05) is 33.3 Å². The maximum absolute atomic E-state index is 11.7. The molecule has 1 heterocycles. The standard InChI is InChI=1S/C17H24N4O/c1-5-10-18-17(22)19-11-16(20(2)3)14-12-21(4)15-9-7-6-8-13(14)15/h5-9,12,16H,1,10-11H2,2-4H3,(H2,18,19,22). The van der Waals surface area contributed by atoms with Crippen LogP contribution in [0.3, 0.4) is 0 Å². The average molecular weight is 300 g/mol. The minimum atomic E-state index is -0.174. The predicted molar refractivity (Wildman–Crippen MR) is 90.9 cm³/mol. The number of rotatable bonds is 6. The first-order valence-electron chi connectivity index (χ1n) is 7.37. The van der Waals surface area contributed by atoms with Gasteiger partial charge in [-0.05, 0) is 25.7 Å². The quantitative estimate of drug-likeness (QED) is 0.804. The number of fused-ring (bicyclic) bond motifs is 1. The monoisotopic (exact) mass is 300 g/mol. The van der Waals surface area contributed by atoms with Crippen molar-refractivity contribution in [2.75, 3.05) is 27.2 Å². The van der Waals surface area contributed by atoms with Gasteiger partial charge in [0.15, 0.2) is 0 Å². The maximum atomic E-state index is 11.7. The molecule has 118 valence electrons. The first kappa shape index (κ1) is 16.1. The molecule has 1 unspecified atom stereocenters. The van der Waals surface area contributed by atoms with Crippen LogP contribution in [0.25, 0.3) is 10.9 Å². The largest absolute Gasteiger partial charge is 0.350 e. The van der Waals surface area contributed by atoms with Gasteiger partial charge in [-0.15, -0.1) is 6.58 Å². The van der Waals surface area contributed by atoms with Gasteiger partial charge in [0.2, 0.25) is 0 Å². The Kier molecular flexibility index (Phi) is 5.22. The Bertz CT molecular complexity index is 660. The van der Waals surface area contributed by atoms with Gasteiger partial charge in [-0.1, -0.05) is 24.3 Å². The van der Waals surface area contributed by atoms with Crippen molar-refractivity contribution in [3.8, 4) is 0 Å². The highest BCUT2D eigenvalue weighted by molar-refractivity contribution is 5.84. The third kappa shape index (κ3) is 3.49. The summed E-state index contributed by atoms with van der Waals surface area (Å²) < 4.78 is 2.12. The molecule has 0 bridgehead atoms. The van der Waals surface area contributed by atoms with Gasteiger partial charge in [0.05, 0.1) is 6.04 Å². The summed E-state index contributed by atoms with van der Waals surface area (Å²) in [6.45, 7) is 4.60. The fourth-order valence-electron chi connectivity index (χ4n) is 2.63. The molecule has 22 heavy (non-hydrogen) atoms. The average Bonchev–Trinajstić information content (AvgIpc) is 2.83. The summed E-state index contributed by atoms with van der Waals surface area (Å²) in [7, 11) is 6.09. The number of benzene rings is 1. The van der Waals surface area contributed by atoms with Crippen LogP contribution in [0.15, 0.2) is 43.1 Å². The molecule has 2 rings (SSSR count). The number of aryl methyl sites for hydroxylation is 1. The Morgan fingerprint density at radius 1 is 1.36 bits per heavy atom. The fraction of sp³-hybridized carbons (Fsp3) is 0.353. The van der Waals surface area contributed by atoms with E-state index in [0.717, 1.165) is 0 Å². The number of carbonyl (C=O) groups is 1. The van der Waals surface area contributed by atoms with Crippen molar-refractivity contribution in [3.05, 3.63) is 48.7 Å². The van der Waals surface area contributed by atoms with Gasteiger partial charge in [-0.2, -0.15) is 0 Å². The highest BCUT2D eigenvalue weighted by atomic mass is 16.2. The van der Waals surface area contributed by atoms with Gasteiger partial charge in [0.1, 0.15) is 0 Å². The maximum Gasteiger partial charge on any atom is 0.315 e. The summed E-state index contributed by atoms with van der Waals surface area (Å²) in [5.41, 5.74) is 2.41. The lowest BCUT2D eigenvalue weighted by molar-refractivity contribution is 0.234. The zero-order valence-electron chi connectivity index (χ0n) is 13.5. The molecule has 5 heteroatoms. The highest BCUT2D eigenvalue weighted by Gasteiger charge is 2.19. The van der Waals surface area contributed by atoms with Crippen LogP contribution >= 0.6 is 0 Å². The van der Waals surface area contributed by atoms with Gasteiger partial charge in [-0.3, -0.25) is 0 Å². The Morgan fingerprint density at radius 2 is 2.09 bits per heavy atom. The lowest BCUT2D eigenvalue weighted by atomic mass is 10.0. The van der Waals surface area contributed by atoms with E-state index in [1.54, 1.807) is 6.08 Å². The molecule has 0 aliphatic heterocycles. The molecule has 0 radical (unpaired) electrons. The Balaban J connectivity index is 2.20. The first-order chi connectivity index (χ1) is 10.5. The van der Waals surface area contributed by atoms with Crippen molar-refractivity contribution in [1.29, 1.82) is 0 Å². The van der Waals surface area contributed by atoms with E-state index < -0.39 is 0 Å². The van der Waals surface area contributed by atoms with E-state index in [4.69, 9.17) is 0 Å². The molecule has 1 aromatic heterocycles. The molecule has 2 amide bonds. The second kappa shape index (κ2) is 7.13. The number of hydrogen-bond donors (Lipinski definition) is 2. The molecule has 0 aliphatic carbocycles. The molecule has 0 aliphatic rings. The summed E-state index contributed by atoms with van der Waals surface area (Å²) >= 11 is 0. The summed E-state index contributed by atoms with van der Waals surface area (Å²) in [5.74, 6) is 0. The minimum absolute atomic E-state index is 0.112. The summed E-state index contributed by atoms with van der Waals surface area (Å²) in [6, 6.07) is 8.25. The van der Waals surface area contributed by atoms with Crippen molar-refractivity contribution in [3.63, 3.8) is 0 Å². The number of carbonyl (C=O) groups excluding carboxylic acids is 1. The van der Waals surface area contributed by atoms with Gasteiger partial charge in [0, 0.05) is 37.2 Å². The molecule has 5 nitrogen and oxygen atoms in total. The third-order valence-electron chi connectivity index (χ3n) is 3.77. The molecule has 0 fully saturated rings. The number of urea groups is 1. The molecule has 2 N–H and O–H groups in total. The van der Waals surface area contributed by atoms with Crippen molar-refractivity contribution >= 4 is 16.9 Å². The molecule has 0 saturated carbocycles. The molecule has 2 aromatic rings. The van der Waals surface area contributed by atoms with E-state index in [0.29, 0.717) is 13.1 Å². The van der Waals surface area contributed by atoms with Gasteiger partial charge < -0.3 is 20.1 Å². The Morgan fingerprint density at radius 3 is 2.77 bits per heavy atom. The van der Waals surface area contributed by atoms with E-state index in [2.05, 4.69) is 45.0 Å².